The summed E-state index contributed by atoms with van der Waals surface area (Å²) in [5.41, 5.74) is 3.07. The van der Waals surface area contributed by atoms with Crippen molar-refractivity contribution in [2.24, 2.45) is 5.41 Å². The molecule has 47 heavy (non-hydrogen) atoms. The zero-order valence-electron chi connectivity index (χ0n) is 26.7. The molecular formula is C30H38F2N7O6PS. The Balaban J connectivity index is 1.44. The number of halogens is 2. The van der Waals surface area contributed by atoms with E-state index in [0.29, 0.717) is 11.1 Å². The number of ether oxygens (including phenoxy) is 2. The van der Waals surface area contributed by atoms with E-state index >= 15 is 8.78 Å². The zero-order chi connectivity index (χ0) is 34.4. The second-order valence-electron chi connectivity index (χ2n) is 12.7. The van der Waals surface area contributed by atoms with Crippen LogP contribution in [-0.2, 0) is 30.6 Å². The Morgan fingerprint density at radius 1 is 1.23 bits per heavy atom. The van der Waals surface area contributed by atoms with E-state index in [9.17, 15) is 9.90 Å². The number of benzene rings is 2. The van der Waals surface area contributed by atoms with Crippen LogP contribution in [0, 0.1) is 5.41 Å². The normalized spacial score (nSPS) is 25.0. The monoisotopic (exact) mass is 693 g/mol. The van der Waals surface area contributed by atoms with E-state index in [0.717, 1.165) is 16.9 Å². The van der Waals surface area contributed by atoms with Crippen molar-refractivity contribution in [3.8, 4) is 5.75 Å². The smallest absolute Gasteiger partial charge is 0.323 e. The summed E-state index contributed by atoms with van der Waals surface area (Å²) in [7, 11) is 1.59. The molecule has 5 rings (SSSR count). The molecule has 6 atom stereocenters. The van der Waals surface area contributed by atoms with E-state index in [1.54, 1.807) is 31.3 Å². The average Bonchev–Trinajstić information content (AvgIpc) is 3.50. The summed E-state index contributed by atoms with van der Waals surface area (Å²) < 4.78 is 57.0. The maximum absolute atomic E-state index is 16.6. The molecule has 13 nitrogen and oxygen atoms in total. The highest BCUT2D eigenvalue weighted by molar-refractivity contribution is 8.09. The minimum Gasteiger partial charge on any atom is -0.464 e. The first-order valence-electron chi connectivity index (χ1n) is 14.7. The van der Waals surface area contributed by atoms with Gasteiger partial charge in [-0.2, -0.15) is 9.97 Å². The van der Waals surface area contributed by atoms with Crippen LogP contribution in [0.1, 0.15) is 40.8 Å². The molecule has 0 aliphatic carbocycles. The number of nitrogens with one attached hydrogen (secondary N) is 2. The number of esters is 1. The van der Waals surface area contributed by atoms with E-state index in [-0.39, 0.29) is 35.0 Å². The molecule has 0 saturated carbocycles. The number of carbonyl (C=O) groups is 1. The molecule has 4 aromatic rings. The van der Waals surface area contributed by atoms with Crippen molar-refractivity contribution in [1.82, 2.24) is 24.6 Å². The number of alkyl halides is 2. The summed E-state index contributed by atoms with van der Waals surface area (Å²) >= 11 is 5.79. The van der Waals surface area contributed by atoms with Crippen LogP contribution in [0.4, 0.5) is 20.5 Å². The van der Waals surface area contributed by atoms with Crippen LogP contribution in [-0.4, -0.2) is 74.5 Å². The number of imidazole rings is 1. The minimum absolute atomic E-state index is 0.0433. The predicted molar refractivity (Wildman–Crippen MR) is 177 cm³/mol. The number of nitrogens with two attached hydrogens (primary N) is 1. The van der Waals surface area contributed by atoms with Gasteiger partial charge in [-0.25, -0.2) is 18.9 Å². The van der Waals surface area contributed by atoms with E-state index in [4.69, 9.17) is 36.1 Å². The number of nitrogens with zero attached hydrogens (tertiary/aromatic N) is 4. The summed E-state index contributed by atoms with van der Waals surface area (Å²) in [6.07, 6.45) is -2.94. The molecule has 3 heterocycles. The summed E-state index contributed by atoms with van der Waals surface area (Å²) in [4.78, 5) is 25.3. The minimum atomic E-state index is -3.86. The molecule has 0 unspecified atom stereocenters. The number of nitrogen functional groups attached to an aromatic ring is 1. The summed E-state index contributed by atoms with van der Waals surface area (Å²) in [6, 6.07) is 11.5. The lowest BCUT2D eigenvalue weighted by Crippen LogP contribution is -2.47. The molecule has 17 heteroatoms. The lowest BCUT2D eigenvalue weighted by Gasteiger charge is -2.30. The maximum Gasteiger partial charge on any atom is 0.323 e. The first-order chi connectivity index (χ1) is 22.0. The second kappa shape index (κ2) is 12.8. The van der Waals surface area contributed by atoms with Crippen molar-refractivity contribution in [2.75, 3.05) is 31.3 Å². The van der Waals surface area contributed by atoms with Gasteiger partial charge >= 0.3 is 12.6 Å². The summed E-state index contributed by atoms with van der Waals surface area (Å²) in [5.74, 6) is -3.38. The highest BCUT2D eigenvalue weighted by atomic mass is 32.5. The van der Waals surface area contributed by atoms with E-state index < -0.39 is 49.1 Å². The van der Waals surface area contributed by atoms with Gasteiger partial charge in [0.1, 0.15) is 18.4 Å². The van der Waals surface area contributed by atoms with E-state index in [1.165, 1.54) is 13.3 Å². The molecule has 1 saturated heterocycles. The highest BCUT2D eigenvalue weighted by Gasteiger charge is 2.65. The Morgan fingerprint density at radius 2 is 1.94 bits per heavy atom. The third-order valence-corrected chi connectivity index (χ3v) is 9.88. The second-order valence-corrected chi connectivity index (χ2v) is 15.8. The van der Waals surface area contributed by atoms with Crippen molar-refractivity contribution >= 4 is 58.1 Å². The van der Waals surface area contributed by atoms with Crippen molar-refractivity contribution in [3.05, 3.63) is 48.8 Å². The molecule has 0 spiro atoms. The predicted octanol–water partition coefficient (Wildman–Crippen LogP) is 4.77. The van der Waals surface area contributed by atoms with Gasteiger partial charge in [0.05, 0.1) is 12.9 Å². The van der Waals surface area contributed by atoms with Crippen molar-refractivity contribution in [2.45, 2.75) is 64.5 Å². The van der Waals surface area contributed by atoms with Gasteiger partial charge < -0.3 is 34.7 Å². The zero-order valence-corrected chi connectivity index (χ0v) is 28.4. The molecule has 5 N–H and O–H groups in total. The molecule has 1 aliphatic rings. The van der Waals surface area contributed by atoms with E-state index in [2.05, 4.69) is 25.4 Å². The number of fused-ring (bicyclic) bond motifs is 2. The Bertz CT molecular complexity index is 1830. The molecular weight excluding hydrogens is 655 g/mol. The van der Waals surface area contributed by atoms with Crippen molar-refractivity contribution in [3.63, 3.8) is 0 Å². The molecule has 1 fully saturated rings. The van der Waals surface area contributed by atoms with Crippen LogP contribution in [0.25, 0.3) is 21.9 Å². The molecule has 0 radical (unpaired) electrons. The molecule has 0 bridgehead atoms. The average molecular weight is 694 g/mol. The number of aliphatic hydroxyl groups excluding tert-OH is 1. The van der Waals surface area contributed by atoms with Gasteiger partial charge in [0.2, 0.25) is 5.95 Å². The number of anilines is 2. The number of carbonyl (C=O) groups excluding carboxylic acids is 1. The van der Waals surface area contributed by atoms with Crippen molar-refractivity contribution < 1.29 is 37.2 Å². The Hall–Kier alpha value is -3.53. The van der Waals surface area contributed by atoms with Gasteiger partial charge in [-0.05, 0) is 42.5 Å². The fraction of sp³-hybridized carbons (Fsp3) is 0.467. The Kier molecular flexibility index (Phi) is 9.49. The number of aromatic nitrogens is 4. The molecule has 2 aromatic carbocycles. The fourth-order valence-electron chi connectivity index (χ4n) is 5.01. The highest BCUT2D eigenvalue weighted by Crippen LogP contribution is 2.53. The molecule has 2 aromatic heterocycles. The number of hydrogen-bond donors (Lipinski definition) is 4. The van der Waals surface area contributed by atoms with Gasteiger partial charge in [0.25, 0.3) is 5.85 Å². The summed E-state index contributed by atoms with van der Waals surface area (Å²) in [6.45, 7) is 3.40. The number of aliphatic hydroxyl groups is 1. The van der Waals surface area contributed by atoms with Crippen LogP contribution >= 0.6 is 6.64 Å². The van der Waals surface area contributed by atoms with Gasteiger partial charge in [0.15, 0.2) is 35.0 Å². The molecule has 254 valence electrons. The van der Waals surface area contributed by atoms with Gasteiger partial charge in [0, 0.05) is 12.4 Å². The first-order valence-corrected chi connectivity index (χ1v) is 17.4. The van der Waals surface area contributed by atoms with Crippen molar-refractivity contribution in [1.29, 1.82) is 0 Å². The largest absolute Gasteiger partial charge is 0.464 e. The lowest BCUT2D eigenvalue weighted by atomic mass is 9.97. The molecule has 0 amide bonds. The molecule has 1 aliphatic heterocycles. The van der Waals surface area contributed by atoms with Crippen LogP contribution in [0.15, 0.2) is 48.8 Å². The lowest BCUT2D eigenvalue weighted by molar-refractivity contribution is -0.202. The topological polar surface area (TPSA) is 168 Å². The Labute approximate surface area is 275 Å². The number of hydrogen-bond acceptors (Lipinski definition) is 12. The summed E-state index contributed by atoms with van der Waals surface area (Å²) in [5, 5.41) is 18.2. The quantitative estimate of drug-likeness (QED) is 0.125. The van der Waals surface area contributed by atoms with E-state index in [1.807, 2.05) is 39.0 Å². The SMILES string of the molecule is CNc1nc(N)nc2c1ncn2[C@@H]1O[C@](F)(CO[P@@](=S)(N[C@H](C)C(=O)OCC(C)(C)C)Oc2cccc3ccccc23)[C@@H](O)[C@@]1(C)F. The van der Waals surface area contributed by atoms with Gasteiger partial charge in [-0.3, -0.25) is 9.36 Å². The fourth-order valence-corrected chi connectivity index (χ4v) is 7.41. The standard InChI is InChI=1S/C30H38F2N7O6PS/c1-17(24(40)42-14-28(2,3)4)38-46(47,45-20-13-9-11-18-10-7-8-12-19(18)20)43-15-30(32)25(41)29(5,31)26(44-30)39-16-35-21-22(34-6)36-27(33)37-23(21)39/h7-13,16-17,25-26,41H,14-15H2,1-6H3,(H,38,47)(H3,33,34,36,37)/t17-,25+,26-,29-,30-,46+/m1/s1. The van der Waals surface area contributed by atoms with Crippen LogP contribution < -0.4 is 20.7 Å². The maximum atomic E-state index is 16.6. The third kappa shape index (κ3) is 7.17. The van der Waals surface area contributed by atoms with Crippen LogP contribution in [0.2, 0.25) is 0 Å². The number of rotatable bonds is 11. The van der Waals surface area contributed by atoms with Crippen LogP contribution in [0.3, 0.4) is 0 Å². The van der Waals surface area contributed by atoms with Crippen LogP contribution in [0.5, 0.6) is 5.75 Å². The van der Waals surface area contributed by atoms with Gasteiger partial charge in [-0.15, -0.1) is 0 Å². The Morgan fingerprint density at radius 3 is 2.64 bits per heavy atom. The van der Waals surface area contributed by atoms with Gasteiger partial charge in [-0.1, -0.05) is 57.2 Å². The first kappa shape index (κ1) is 34.8. The third-order valence-electron chi connectivity index (χ3n) is 7.41.